The number of hydrogen-bond acceptors (Lipinski definition) is 6. The van der Waals surface area contributed by atoms with Crippen molar-refractivity contribution in [3.63, 3.8) is 0 Å². The number of methoxy groups -OCH3 is 2. The van der Waals surface area contributed by atoms with Crippen LogP contribution in [0.15, 0.2) is 117 Å². The third kappa shape index (κ3) is 6.39. The maximum Gasteiger partial charge on any atom is 0.203 e. The Bertz CT molecular complexity index is 1820. The average Bonchev–Trinajstić information content (AvgIpc) is 3.45. The van der Waals surface area contributed by atoms with Gasteiger partial charge >= 0.3 is 0 Å². The van der Waals surface area contributed by atoms with Gasteiger partial charge in [-0.3, -0.25) is 9.59 Å². The first-order valence-electron chi connectivity index (χ1n) is 15.6. The average molecular weight is 681 g/mol. The Labute approximate surface area is 287 Å². The highest BCUT2D eigenvalue weighted by molar-refractivity contribution is 7.91. The summed E-state index contributed by atoms with van der Waals surface area (Å²) in [6.45, 7) is 12.1. The molecule has 0 bridgehead atoms. The second-order valence-electron chi connectivity index (χ2n) is 13.5. The van der Waals surface area contributed by atoms with Gasteiger partial charge in [-0.1, -0.05) is 102 Å². The molecule has 2 aliphatic heterocycles. The summed E-state index contributed by atoms with van der Waals surface area (Å²) < 4.78 is 37.1. The highest BCUT2D eigenvalue weighted by Crippen LogP contribution is 2.47. The first-order chi connectivity index (χ1) is 22.7. The van der Waals surface area contributed by atoms with Gasteiger partial charge in [0.25, 0.3) is 0 Å². The fraction of sp³-hybridized carbons (Fsp3) is 0.250. The van der Waals surface area contributed by atoms with Crippen LogP contribution in [0.1, 0.15) is 73.4 Å². The van der Waals surface area contributed by atoms with Crippen molar-refractivity contribution in [2.24, 2.45) is 10.8 Å². The van der Waals surface area contributed by atoms with Crippen LogP contribution in [0.2, 0.25) is 0 Å². The molecule has 0 aromatic heterocycles. The van der Waals surface area contributed by atoms with E-state index >= 15 is 0 Å². The van der Waals surface area contributed by atoms with Crippen molar-refractivity contribution < 1.29 is 27.5 Å². The molecule has 2 aliphatic rings. The van der Waals surface area contributed by atoms with Gasteiger partial charge in [0.15, 0.2) is 0 Å². The first kappa shape index (κ1) is 34.9. The Kier molecular flexibility index (Phi) is 9.90. The number of ether oxygens (including phenoxy) is 2. The number of carbonyl (C=O) groups excluding carboxylic acids is 2. The molecule has 0 saturated heterocycles. The lowest BCUT2D eigenvalue weighted by Gasteiger charge is -2.26. The fourth-order valence-electron chi connectivity index (χ4n) is 6.11. The molecule has 0 fully saturated rings. The molecule has 48 heavy (non-hydrogen) atoms. The van der Waals surface area contributed by atoms with E-state index in [1.807, 2.05) is 102 Å². The molecule has 0 spiro atoms. The summed E-state index contributed by atoms with van der Waals surface area (Å²) in [5.41, 5.74) is 3.52. The Morgan fingerprint density at radius 1 is 0.500 bits per heavy atom. The van der Waals surface area contributed by atoms with Gasteiger partial charge in [-0.15, -0.1) is 0 Å². The SMILES string of the molecule is COc1ccccc1/C(=C1/C(=O)c2ccccc2[S@]1=O)C(C)(C)C.COc1ccccc1/C(=C1/C(=O)c2ccccc2[S@]1=O)C(C)(C)C. The van der Waals surface area contributed by atoms with Crippen LogP contribution in [-0.2, 0) is 21.6 Å². The summed E-state index contributed by atoms with van der Waals surface area (Å²) in [5.74, 6) is 1.05. The number of allylic oxidation sites excluding steroid dienone is 4. The number of fused-ring (bicyclic) bond motifs is 2. The van der Waals surface area contributed by atoms with E-state index in [2.05, 4.69) is 0 Å². The predicted octanol–water partition coefficient (Wildman–Crippen LogP) is 8.91. The number of Topliss-reactive ketones (excluding diaryl/α,β-unsaturated/α-hetero) is 2. The standard InChI is InChI=1S/2C20H20O3S/c2*1-20(2,3)17(13-9-5-7-11-15(13)23-4)19-18(21)14-10-6-8-12-16(14)24(19)22/h2*5-12H,1-4H3/b2*19-17+/t2*24-/m11/s1. The Balaban J connectivity index is 0.000000188. The zero-order valence-corrected chi connectivity index (χ0v) is 30.1. The summed E-state index contributed by atoms with van der Waals surface area (Å²) >= 11 is 0. The van der Waals surface area contributed by atoms with E-state index in [-0.39, 0.29) is 22.4 Å². The summed E-state index contributed by atoms with van der Waals surface area (Å²) in [7, 11) is 0.249. The molecule has 8 heteroatoms. The molecule has 6 rings (SSSR count). The smallest absolute Gasteiger partial charge is 0.203 e. The van der Waals surface area contributed by atoms with Crippen LogP contribution in [0.5, 0.6) is 11.5 Å². The maximum atomic E-state index is 13.1. The van der Waals surface area contributed by atoms with E-state index in [0.29, 0.717) is 42.2 Å². The van der Waals surface area contributed by atoms with Crippen LogP contribution < -0.4 is 9.47 Å². The molecular weight excluding hydrogens is 641 g/mol. The Hall–Kier alpha value is -4.40. The van der Waals surface area contributed by atoms with E-state index in [0.717, 1.165) is 22.3 Å². The lowest BCUT2D eigenvalue weighted by Crippen LogP contribution is -2.15. The lowest BCUT2D eigenvalue weighted by atomic mass is 9.80. The van der Waals surface area contributed by atoms with Gasteiger partial charge in [-0.05, 0) is 58.4 Å². The van der Waals surface area contributed by atoms with Crippen LogP contribution in [0, 0.1) is 10.8 Å². The largest absolute Gasteiger partial charge is 0.496 e. The molecule has 0 amide bonds. The highest BCUT2D eigenvalue weighted by atomic mass is 32.2. The van der Waals surface area contributed by atoms with E-state index in [1.54, 1.807) is 50.6 Å². The quantitative estimate of drug-likeness (QED) is 0.200. The molecule has 4 aromatic carbocycles. The van der Waals surface area contributed by atoms with Crippen molar-refractivity contribution in [2.75, 3.05) is 14.2 Å². The molecule has 0 aliphatic carbocycles. The van der Waals surface area contributed by atoms with Crippen molar-refractivity contribution in [1.29, 1.82) is 0 Å². The molecule has 248 valence electrons. The summed E-state index contributed by atoms with van der Waals surface area (Å²) in [6.07, 6.45) is 0. The molecule has 6 nitrogen and oxygen atoms in total. The van der Waals surface area contributed by atoms with Crippen molar-refractivity contribution in [3.05, 3.63) is 129 Å². The fourth-order valence-corrected chi connectivity index (χ4v) is 9.44. The van der Waals surface area contributed by atoms with Crippen molar-refractivity contribution in [2.45, 2.75) is 51.3 Å². The molecular formula is C40H40O6S2. The van der Waals surface area contributed by atoms with Gasteiger partial charge in [0.05, 0.1) is 55.4 Å². The lowest BCUT2D eigenvalue weighted by molar-refractivity contribution is 0.103. The number of benzene rings is 4. The predicted molar refractivity (Wildman–Crippen MR) is 193 cm³/mol. The molecule has 0 N–H and O–H groups in total. The second-order valence-corrected chi connectivity index (χ2v) is 16.3. The van der Waals surface area contributed by atoms with Crippen molar-refractivity contribution >= 4 is 44.3 Å². The third-order valence-electron chi connectivity index (χ3n) is 8.15. The Morgan fingerprint density at radius 3 is 1.12 bits per heavy atom. The van der Waals surface area contributed by atoms with E-state index < -0.39 is 21.6 Å². The summed E-state index contributed by atoms with van der Waals surface area (Å²) in [5, 5.41) is 0. The minimum Gasteiger partial charge on any atom is -0.496 e. The van der Waals surface area contributed by atoms with Gasteiger partial charge < -0.3 is 9.47 Å². The molecule has 0 saturated carbocycles. The van der Waals surface area contributed by atoms with E-state index in [1.165, 1.54) is 0 Å². The summed E-state index contributed by atoms with van der Waals surface area (Å²) in [6, 6.07) is 29.4. The van der Waals surface area contributed by atoms with Gasteiger partial charge in [-0.2, -0.15) is 0 Å². The van der Waals surface area contributed by atoms with Crippen molar-refractivity contribution in [3.8, 4) is 11.5 Å². The van der Waals surface area contributed by atoms with Crippen molar-refractivity contribution in [1.82, 2.24) is 0 Å². The number of ketones is 2. The minimum atomic E-state index is -1.48. The zero-order chi connectivity index (χ0) is 35.0. The van der Waals surface area contributed by atoms with E-state index in [9.17, 15) is 18.0 Å². The number of rotatable bonds is 4. The Morgan fingerprint density at radius 2 is 0.812 bits per heavy atom. The van der Waals surface area contributed by atoms with Crippen LogP contribution in [-0.4, -0.2) is 34.2 Å². The van der Waals surface area contributed by atoms with Gasteiger partial charge in [0, 0.05) is 22.3 Å². The highest BCUT2D eigenvalue weighted by Gasteiger charge is 2.40. The maximum absolute atomic E-state index is 13.1. The van der Waals surface area contributed by atoms with Crippen LogP contribution >= 0.6 is 0 Å². The minimum absolute atomic E-state index is 0.153. The molecule has 0 unspecified atom stereocenters. The molecule has 4 aromatic rings. The van der Waals surface area contributed by atoms with Crippen LogP contribution in [0.3, 0.4) is 0 Å². The second kappa shape index (κ2) is 13.6. The monoisotopic (exact) mass is 680 g/mol. The first-order valence-corrected chi connectivity index (χ1v) is 17.9. The van der Waals surface area contributed by atoms with Crippen LogP contribution in [0.4, 0.5) is 0 Å². The molecule has 0 radical (unpaired) electrons. The van der Waals surface area contributed by atoms with Gasteiger partial charge in [0.2, 0.25) is 11.6 Å². The normalized spacial score (nSPS) is 19.2. The topological polar surface area (TPSA) is 86.7 Å². The number of para-hydroxylation sites is 2. The number of hydrogen-bond donors (Lipinski definition) is 0. The summed E-state index contributed by atoms with van der Waals surface area (Å²) in [4.78, 5) is 27.9. The van der Waals surface area contributed by atoms with Crippen LogP contribution in [0.25, 0.3) is 11.1 Å². The van der Waals surface area contributed by atoms with Gasteiger partial charge in [-0.25, -0.2) is 8.42 Å². The zero-order valence-electron chi connectivity index (χ0n) is 28.5. The van der Waals surface area contributed by atoms with Gasteiger partial charge in [0.1, 0.15) is 11.5 Å². The molecule has 2 heterocycles. The number of carbonyl (C=O) groups is 2. The third-order valence-corrected chi connectivity index (χ3v) is 11.2. The van der Waals surface area contributed by atoms with E-state index in [4.69, 9.17) is 9.47 Å². The molecule has 2 atom stereocenters.